The first kappa shape index (κ1) is 11.2. The van der Waals surface area contributed by atoms with Crippen molar-refractivity contribution < 1.29 is 14.7 Å². The van der Waals surface area contributed by atoms with Crippen LogP contribution < -0.4 is 5.32 Å². The average Bonchev–Trinajstić information content (AvgIpc) is 2.50. The van der Waals surface area contributed by atoms with Crippen molar-refractivity contribution in [3.63, 3.8) is 0 Å². The van der Waals surface area contributed by atoms with E-state index in [1.165, 1.54) is 11.3 Å². The van der Waals surface area contributed by atoms with Crippen LogP contribution >= 0.6 is 27.3 Å². The molecule has 1 heterocycles. The second-order valence-electron chi connectivity index (χ2n) is 2.59. The summed E-state index contributed by atoms with van der Waals surface area (Å²) in [4.78, 5) is 21.7. The molecular formula is C8H8BrNO3S. The van der Waals surface area contributed by atoms with Gasteiger partial charge in [-0.2, -0.15) is 0 Å². The monoisotopic (exact) mass is 277 g/mol. The Labute approximate surface area is 93.1 Å². The minimum absolute atomic E-state index is 0.310. The van der Waals surface area contributed by atoms with Gasteiger partial charge in [0.1, 0.15) is 6.04 Å². The molecule has 0 aromatic carbocycles. The molecule has 2 N–H and O–H groups in total. The van der Waals surface area contributed by atoms with Crippen molar-refractivity contribution in [2.45, 2.75) is 12.5 Å². The molecule has 0 aliphatic rings. The van der Waals surface area contributed by atoms with Crippen molar-refractivity contribution in [2.24, 2.45) is 0 Å². The number of carboxylic acids is 1. The van der Waals surface area contributed by atoms with Crippen LogP contribution in [0.3, 0.4) is 0 Å². The Hall–Kier alpha value is -0.880. The minimum Gasteiger partial charge on any atom is -0.480 e. The molecule has 1 aromatic heterocycles. The van der Waals surface area contributed by atoms with E-state index in [1.807, 2.05) is 12.1 Å². The quantitative estimate of drug-likeness (QED) is 0.797. The molecule has 0 spiro atoms. The lowest BCUT2D eigenvalue weighted by atomic mass is 10.2. The number of rotatable bonds is 5. The van der Waals surface area contributed by atoms with Crippen LogP contribution in [-0.2, 0) is 16.0 Å². The normalized spacial score (nSPS) is 12.1. The summed E-state index contributed by atoms with van der Waals surface area (Å²) >= 11 is 4.74. The molecule has 1 atom stereocenters. The number of hydrogen-bond acceptors (Lipinski definition) is 3. The summed E-state index contributed by atoms with van der Waals surface area (Å²) in [5.74, 6) is -1.03. The number of carbonyl (C=O) groups excluding carboxylic acids is 1. The Bertz CT molecular complexity index is 339. The van der Waals surface area contributed by atoms with Crippen LogP contribution in [0.2, 0.25) is 0 Å². The van der Waals surface area contributed by atoms with Gasteiger partial charge in [-0.05, 0) is 28.1 Å². The van der Waals surface area contributed by atoms with E-state index >= 15 is 0 Å². The van der Waals surface area contributed by atoms with Crippen molar-refractivity contribution in [1.82, 2.24) is 5.32 Å². The van der Waals surface area contributed by atoms with Crippen molar-refractivity contribution in [2.75, 3.05) is 0 Å². The first-order chi connectivity index (χ1) is 6.63. The van der Waals surface area contributed by atoms with Crippen LogP contribution in [0.15, 0.2) is 15.9 Å². The van der Waals surface area contributed by atoms with Crippen LogP contribution in [-0.4, -0.2) is 23.5 Å². The SMILES string of the molecule is O=CN[C@@H](Cc1ccc(Br)s1)C(=O)O. The number of halogens is 1. The molecule has 0 aliphatic carbocycles. The minimum atomic E-state index is -1.03. The third-order valence-electron chi connectivity index (χ3n) is 1.60. The molecule has 0 radical (unpaired) electrons. The van der Waals surface area contributed by atoms with Crippen LogP contribution in [0.1, 0.15) is 4.88 Å². The van der Waals surface area contributed by atoms with Crippen LogP contribution in [0.5, 0.6) is 0 Å². The summed E-state index contributed by atoms with van der Waals surface area (Å²) in [7, 11) is 0. The van der Waals surface area contributed by atoms with E-state index in [2.05, 4.69) is 21.2 Å². The van der Waals surface area contributed by atoms with E-state index in [0.717, 1.165) is 8.66 Å². The number of carbonyl (C=O) groups is 2. The Kier molecular flexibility index (Phi) is 4.09. The number of hydrogen-bond donors (Lipinski definition) is 2. The summed E-state index contributed by atoms with van der Waals surface area (Å²) in [5.41, 5.74) is 0. The second kappa shape index (κ2) is 5.11. The lowest BCUT2D eigenvalue weighted by molar-refractivity contribution is -0.140. The van der Waals surface area contributed by atoms with Crippen molar-refractivity contribution in [1.29, 1.82) is 0 Å². The average molecular weight is 278 g/mol. The third-order valence-corrected chi connectivity index (χ3v) is 3.25. The third kappa shape index (κ3) is 3.12. The second-order valence-corrected chi connectivity index (χ2v) is 5.13. The van der Waals surface area contributed by atoms with Crippen LogP contribution in [0.25, 0.3) is 0 Å². The fourth-order valence-corrected chi connectivity index (χ4v) is 2.49. The Balaban J connectivity index is 2.64. The highest BCUT2D eigenvalue weighted by Gasteiger charge is 2.17. The van der Waals surface area contributed by atoms with Crippen molar-refractivity contribution in [3.8, 4) is 0 Å². The van der Waals surface area contributed by atoms with Gasteiger partial charge in [-0.15, -0.1) is 11.3 Å². The maximum Gasteiger partial charge on any atom is 0.326 e. The summed E-state index contributed by atoms with van der Waals surface area (Å²) in [5, 5.41) is 11.0. The molecule has 6 heteroatoms. The van der Waals surface area contributed by atoms with E-state index in [9.17, 15) is 9.59 Å². The maximum atomic E-state index is 10.7. The highest BCUT2D eigenvalue weighted by atomic mass is 79.9. The molecule has 0 saturated carbocycles. The van der Waals surface area contributed by atoms with Gasteiger partial charge in [0.15, 0.2) is 0 Å². The van der Waals surface area contributed by atoms with Gasteiger partial charge in [-0.25, -0.2) is 4.79 Å². The summed E-state index contributed by atoms with van der Waals surface area (Å²) in [6.45, 7) is 0. The number of aliphatic carboxylic acids is 1. The molecule has 0 saturated heterocycles. The predicted molar refractivity (Wildman–Crippen MR) is 56.3 cm³/mol. The first-order valence-electron chi connectivity index (χ1n) is 3.80. The summed E-state index contributed by atoms with van der Waals surface area (Å²) < 4.78 is 0.947. The van der Waals surface area contributed by atoms with Gasteiger partial charge in [0, 0.05) is 11.3 Å². The van der Waals surface area contributed by atoms with E-state index in [1.54, 1.807) is 0 Å². The zero-order valence-electron chi connectivity index (χ0n) is 7.07. The molecule has 0 aliphatic heterocycles. The predicted octanol–water partition coefficient (Wildman–Crippen LogP) is 1.25. The summed E-state index contributed by atoms with van der Waals surface area (Å²) in [6.07, 6.45) is 0.714. The van der Waals surface area contributed by atoms with E-state index in [4.69, 9.17) is 5.11 Å². The van der Waals surface area contributed by atoms with E-state index < -0.39 is 12.0 Å². The zero-order chi connectivity index (χ0) is 10.6. The Morgan fingerprint density at radius 3 is 2.86 bits per heavy atom. The van der Waals surface area contributed by atoms with E-state index in [-0.39, 0.29) is 0 Å². The molecule has 1 aromatic rings. The molecule has 0 fully saturated rings. The molecule has 0 unspecified atom stereocenters. The van der Waals surface area contributed by atoms with Gasteiger partial charge in [-0.1, -0.05) is 0 Å². The number of thiophene rings is 1. The van der Waals surface area contributed by atoms with Crippen molar-refractivity contribution in [3.05, 3.63) is 20.8 Å². The first-order valence-corrected chi connectivity index (χ1v) is 5.41. The number of amides is 1. The molecule has 0 bridgehead atoms. The standard InChI is InChI=1S/C8H8BrNO3S/c9-7-2-1-5(14-7)3-6(8(12)13)10-4-11/h1-2,4,6H,3H2,(H,10,11)(H,12,13)/t6-/m0/s1. The smallest absolute Gasteiger partial charge is 0.326 e. The molecule has 14 heavy (non-hydrogen) atoms. The molecule has 4 nitrogen and oxygen atoms in total. The van der Waals surface area contributed by atoms with Gasteiger partial charge >= 0.3 is 5.97 Å². The number of nitrogens with one attached hydrogen (secondary N) is 1. The van der Waals surface area contributed by atoms with E-state index in [0.29, 0.717) is 12.8 Å². The fourth-order valence-electron chi connectivity index (χ4n) is 0.962. The lowest BCUT2D eigenvalue weighted by Gasteiger charge is -2.08. The lowest BCUT2D eigenvalue weighted by Crippen LogP contribution is -2.37. The van der Waals surface area contributed by atoms with Gasteiger partial charge in [0.05, 0.1) is 3.79 Å². The fraction of sp³-hybridized carbons (Fsp3) is 0.250. The maximum absolute atomic E-state index is 10.7. The van der Waals surface area contributed by atoms with Gasteiger partial charge < -0.3 is 10.4 Å². The molecule has 76 valence electrons. The summed E-state index contributed by atoms with van der Waals surface area (Å²) in [6, 6.07) is 2.83. The van der Waals surface area contributed by atoms with Gasteiger partial charge in [-0.3, -0.25) is 4.79 Å². The molecular weight excluding hydrogens is 270 g/mol. The highest BCUT2D eigenvalue weighted by molar-refractivity contribution is 9.11. The van der Waals surface area contributed by atoms with Gasteiger partial charge in [0.25, 0.3) is 0 Å². The highest BCUT2D eigenvalue weighted by Crippen LogP contribution is 2.23. The van der Waals surface area contributed by atoms with Gasteiger partial charge in [0.2, 0.25) is 6.41 Å². The zero-order valence-corrected chi connectivity index (χ0v) is 9.47. The Morgan fingerprint density at radius 1 is 1.71 bits per heavy atom. The van der Waals surface area contributed by atoms with Crippen molar-refractivity contribution >= 4 is 39.6 Å². The molecule has 1 amide bonds. The topological polar surface area (TPSA) is 66.4 Å². The number of carboxylic acid groups (broad SMARTS) is 1. The van der Waals surface area contributed by atoms with Crippen LogP contribution in [0.4, 0.5) is 0 Å². The Morgan fingerprint density at radius 2 is 2.43 bits per heavy atom. The van der Waals surface area contributed by atoms with Crippen LogP contribution in [0, 0.1) is 0 Å². The largest absolute Gasteiger partial charge is 0.480 e. The molecule has 1 rings (SSSR count).